The number of nitrogens with zero attached hydrogens (tertiary/aromatic N) is 2. The van der Waals surface area contributed by atoms with E-state index in [9.17, 15) is 0 Å². The van der Waals surface area contributed by atoms with E-state index in [-0.39, 0.29) is 6.61 Å². The fourth-order valence-electron chi connectivity index (χ4n) is 1.17. The summed E-state index contributed by atoms with van der Waals surface area (Å²) in [4.78, 5) is 0.969. The molecule has 2 heterocycles. The van der Waals surface area contributed by atoms with Crippen molar-refractivity contribution in [3.8, 4) is 10.8 Å². The third kappa shape index (κ3) is 3.80. The molecule has 0 saturated carbocycles. The van der Waals surface area contributed by atoms with Crippen LogP contribution in [0.2, 0.25) is 0 Å². The molecule has 0 aliphatic heterocycles. The SMILES string of the molecule is OCCCSCc1nnc(-c2ccc(Br)s2)o1. The van der Waals surface area contributed by atoms with Gasteiger partial charge >= 0.3 is 0 Å². The van der Waals surface area contributed by atoms with Crippen LogP contribution in [0.3, 0.4) is 0 Å². The smallest absolute Gasteiger partial charge is 0.257 e. The molecule has 0 radical (unpaired) electrons. The summed E-state index contributed by atoms with van der Waals surface area (Å²) in [6.07, 6.45) is 0.795. The Morgan fingerprint density at radius 1 is 1.41 bits per heavy atom. The van der Waals surface area contributed by atoms with Gasteiger partial charge in [-0.2, -0.15) is 11.8 Å². The van der Waals surface area contributed by atoms with Gasteiger partial charge in [0.1, 0.15) is 0 Å². The van der Waals surface area contributed by atoms with Crippen molar-refractivity contribution >= 4 is 39.0 Å². The molecule has 4 nitrogen and oxygen atoms in total. The zero-order valence-electron chi connectivity index (χ0n) is 8.93. The van der Waals surface area contributed by atoms with Crippen LogP contribution in [-0.2, 0) is 5.75 Å². The van der Waals surface area contributed by atoms with E-state index in [0.717, 1.165) is 20.8 Å². The Bertz CT molecular complexity index is 472. The molecule has 7 heteroatoms. The highest BCUT2D eigenvalue weighted by Crippen LogP contribution is 2.30. The number of aromatic nitrogens is 2. The number of thioether (sulfide) groups is 1. The highest BCUT2D eigenvalue weighted by molar-refractivity contribution is 9.11. The molecule has 92 valence electrons. The molecule has 2 rings (SSSR count). The monoisotopic (exact) mass is 334 g/mol. The van der Waals surface area contributed by atoms with Gasteiger partial charge in [0.05, 0.1) is 14.4 Å². The minimum Gasteiger partial charge on any atom is -0.419 e. The predicted molar refractivity (Wildman–Crippen MR) is 73.2 cm³/mol. The van der Waals surface area contributed by atoms with Crippen molar-refractivity contribution in [2.45, 2.75) is 12.2 Å². The second kappa shape index (κ2) is 6.53. The first-order chi connectivity index (χ1) is 8.29. The van der Waals surface area contributed by atoms with Gasteiger partial charge in [0.2, 0.25) is 5.89 Å². The minimum atomic E-state index is 0.227. The average molecular weight is 335 g/mol. The van der Waals surface area contributed by atoms with E-state index < -0.39 is 0 Å². The molecule has 2 aromatic heterocycles. The fourth-order valence-corrected chi connectivity index (χ4v) is 3.24. The topological polar surface area (TPSA) is 59.2 Å². The lowest BCUT2D eigenvalue weighted by molar-refractivity contribution is 0.296. The zero-order valence-corrected chi connectivity index (χ0v) is 12.1. The summed E-state index contributed by atoms with van der Waals surface area (Å²) in [6.45, 7) is 0.227. The number of hydrogen-bond acceptors (Lipinski definition) is 6. The van der Waals surface area contributed by atoms with Crippen LogP contribution >= 0.6 is 39.0 Å². The molecule has 0 amide bonds. The Hall–Kier alpha value is -0.370. The Labute approximate surface area is 116 Å². The maximum atomic E-state index is 8.65. The van der Waals surface area contributed by atoms with Gasteiger partial charge in [0.15, 0.2) is 0 Å². The first kappa shape index (κ1) is 13.1. The van der Waals surface area contributed by atoms with Crippen molar-refractivity contribution in [2.75, 3.05) is 12.4 Å². The summed E-state index contributed by atoms with van der Waals surface area (Å²) in [5.74, 6) is 2.80. The molecule has 0 bridgehead atoms. The van der Waals surface area contributed by atoms with Crippen LogP contribution < -0.4 is 0 Å². The number of aliphatic hydroxyl groups is 1. The van der Waals surface area contributed by atoms with Crippen LogP contribution in [0.4, 0.5) is 0 Å². The van der Waals surface area contributed by atoms with Crippen molar-refractivity contribution in [2.24, 2.45) is 0 Å². The maximum absolute atomic E-state index is 8.65. The van der Waals surface area contributed by atoms with Gasteiger partial charge in [-0.05, 0) is 40.2 Å². The largest absolute Gasteiger partial charge is 0.419 e. The van der Waals surface area contributed by atoms with E-state index in [4.69, 9.17) is 9.52 Å². The normalized spacial score (nSPS) is 10.9. The van der Waals surface area contributed by atoms with E-state index in [2.05, 4.69) is 26.1 Å². The predicted octanol–water partition coefficient (Wildman–Crippen LogP) is 3.18. The van der Waals surface area contributed by atoms with Crippen LogP contribution in [0.15, 0.2) is 20.3 Å². The van der Waals surface area contributed by atoms with Gasteiger partial charge in [-0.3, -0.25) is 0 Å². The molecule has 0 aliphatic carbocycles. The van der Waals surface area contributed by atoms with Crippen LogP contribution in [-0.4, -0.2) is 27.7 Å². The summed E-state index contributed by atoms with van der Waals surface area (Å²) < 4.78 is 6.59. The lowest BCUT2D eigenvalue weighted by atomic mass is 10.5. The number of rotatable bonds is 6. The summed E-state index contributed by atoms with van der Waals surface area (Å²) >= 11 is 6.65. The second-order valence-electron chi connectivity index (χ2n) is 3.23. The molecular formula is C10H11BrN2O2S2. The Kier molecular flexibility index (Phi) is 5.02. The first-order valence-corrected chi connectivity index (χ1v) is 7.82. The lowest BCUT2D eigenvalue weighted by Crippen LogP contribution is -1.87. The lowest BCUT2D eigenvalue weighted by Gasteiger charge is -1.94. The van der Waals surface area contributed by atoms with E-state index in [1.807, 2.05) is 12.1 Å². The Morgan fingerprint density at radius 2 is 2.29 bits per heavy atom. The summed E-state index contributed by atoms with van der Waals surface area (Å²) in [5, 5.41) is 16.7. The van der Waals surface area contributed by atoms with Crippen molar-refractivity contribution in [3.63, 3.8) is 0 Å². The molecule has 0 fully saturated rings. The molecule has 0 aromatic carbocycles. The quantitative estimate of drug-likeness (QED) is 0.822. The summed E-state index contributed by atoms with van der Waals surface area (Å²) in [5.41, 5.74) is 0. The standard InChI is InChI=1S/C10H11BrN2O2S2/c11-8-3-2-7(17-8)10-13-12-9(15-10)6-16-5-1-4-14/h2-3,14H,1,4-6H2. The highest BCUT2D eigenvalue weighted by atomic mass is 79.9. The van der Waals surface area contributed by atoms with Crippen molar-refractivity contribution in [3.05, 3.63) is 21.8 Å². The van der Waals surface area contributed by atoms with E-state index in [1.165, 1.54) is 0 Å². The van der Waals surface area contributed by atoms with E-state index in [1.54, 1.807) is 23.1 Å². The molecule has 2 aromatic rings. The van der Waals surface area contributed by atoms with Crippen molar-refractivity contribution < 1.29 is 9.52 Å². The maximum Gasteiger partial charge on any atom is 0.257 e. The molecule has 17 heavy (non-hydrogen) atoms. The number of halogens is 1. The minimum absolute atomic E-state index is 0.227. The molecular weight excluding hydrogens is 324 g/mol. The second-order valence-corrected chi connectivity index (χ2v) is 6.80. The third-order valence-electron chi connectivity index (χ3n) is 1.92. The Balaban J connectivity index is 1.92. The van der Waals surface area contributed by atoms with Gasteiger partial charge in [-0.25, -0.2) is 0 Å². The summed E-state index contributed by atoms with van der Waals surface area (Å²) in [6, 6.07) is 3.91. The van der Waals surface area contributed by atoms with Crippen LogP contribution in [0.25, 0.3) is 10.8 Å². The third-order valence-corrected chi connectivity index (χ3v) is 4.56. The molecule has 0 atom stereocenters. The van der Waals surface area contributed by atoms with Crippen LogP contribution in [0, 0.1) is 0 Å². The van der Waals surface area contributed by atoms with Gasteiger partial charge in [-0.1, -0.05) is 0 Å². The fraction of sp³-hybridized carbons (Fsp3) is 0.400. The van der Waals surface area contributed by atoms with E-state index >= 15 is 0 Å². The molecule has 1 N–H and O–H groups in total. The van der Waals surface area contributed by atoms with E-state index in [0.29, 0.717) is 17.5 Å². The molecule has 0 unspecified atom stereocenters. The molecule has 0 spiro atoms. The van der Waals surface area contributed by atoms with Crippen molar-refractivity contribution in [1.29, 1.82) is 0 Å². The van der Waals surface area contributed by atoms with Crippen LogP contribution in [0.5, 0.6) is 0 Å². The van der Waals surface area contributed by atoms with Gasteiger partial charge < -0.3 is 9.52 Å². The van der Waals surface area contributed by atoms with Gasteiger partial charge in [-0.15, -0.1) is 21.5 Å². The van der Waals surface area contributed by atoms with Gasteiger partial charge in [0.25, 0.3) is 5.89 Å². The molecule has 0 aliphatic rings. The Morgan fingerprint density at radius 3 is 3.00 bits per heavy atom. The van der Waals surface area contributed by atoms with Crippen molar-refractivity contribution in [1.82, 2.24) is 10.2 Å². The number of hydrogen-bond donors (Lipinski definition) is 1. The zero-order chi connectivity index (χ0) is 12.1. The number of thiophene rings is 1. The highest BCUT2D eigenvalue weighted by Gasteiger charge is 2.10. The van der Waals surface area contributed by atoms with Crippen LogP contribution in [0.1, 0.15) is 12.3 Å². The number of aliphatic hydroxyl groups excluding tert-OH is 1. The average Bonchev–Trinajstić information content (AvgIpc) is 2.93. The molecule has 0 saturated heterocycles. The van der Waals surface area contributed by atoms with Gasteiger partial charge in [0, 0.05) is 6.61 Å². The first-order valence-electron chi connectivity index (χ1n) is 5.06. The summed E-state index contributed by atoms with van der Waals surface area (Å²) in [7, 11) is 0.